The van der Waals surface area contributed by atoms with Gasteiger partial charge in [-0.3, -0.25) is 4.90 Å². The maximum absolute atomic E-state index is 5.85. The summed E-state index contributed by atoms with van der Waals surface area (Å²) in [5.74, 6) is 0.753. The fourth-order valence-corrected chi connectivity index (χ4v) is 3.43. The smallest absolute Gasteiger partial charge is 0.143 e. The highest BCUT2D eigenvalue weighted by atomic mass is 16.5. The Morgan fingerprint density at radius 3 is 3.00 bits per heavy atom. The van der Waals surface area contributed by atoms with Crippen molar-refractivity contribution in [3.8, 4) is 5.75 Å². The number of hydrogen-bond acceptors (Lipinski definition) is 4. The largest absolute Gasteiger partial charge is 0.495 e. The number of methoxy groups -OCH3 is 1. The summed E-state index contributed by atoms with van der Waals surface area (Å²) in [6, 6.07) is 7.23. The molecule has 0 amide bonds. The number of ether oxygens (including phenoxy) is 1. The lowest BCUT2D eigenvalue weighted by Gasteiger charge is -2.33. The van der Waals surface area contributed by atoms with Gasteiger partial charge in [0, 0.05) is 30.4 Å². The molecule has 2 aliphatic rings. The number of nitrogens with two attached hydrogens (primary N) is 1. The zero-order chi connectivity index (χ0) is 13.2. The van der Waals surface area contributed by atoms with Gasteiger partial charge in [0.1, 0.15) is 5.75 Å². The summed E-state index contributed by atoms with van der Waals surface area (Å²) in [6.45, 7) is 2.50. The van der Waals surface area contributed by atoms with Crippen LogP contribution in [0.2, 0.25) is 0 Å². The number of hydrogen-bond donors (Lipinski definition) is 2. The van der Waals surface area contributed by atoms with E-state index in [1.54, 1.807) is 7.11 Å². The van der Waals surface area contributed by atoms with Gasteiger partial charge < -0.3 is 15.8 Å². The Morgan fingerprint density at radius 1 is 1.26 bits per heavy atom. The van der Waals surface area contributed by atoms with E-state index in [4.69, 9.17) is 10.5 Å². The van der Waals surface area contributed by atoms with E-state index in [2.05, 4.69) is 10.2 Å². The SMILES string of the molecule is COc1cc(NC2CCN3CCCCC23)ccc1N. The van der Waals surface area contributed by atoms with Gasteiger partial charge in [0.2, 0.25) is 0 Å². The molecule has 1 aromatic carbocycles. The molecule has 3 rings (SSSR count). The average molecular weight is 261 g/mol. The predicted octanol–water partition coefficient (Wildman–Crippen LogP) is 2.32. The van der Waals surface area contributed by atoms with Gasteiger partial charge in [0.25, 0.3) is 0 Å². The maximum Gasteiger partial charge on any atom is 0.143 e. The normalized spacial score (nSPS) is 27.0. The van der Waals surface area contributed by atoms with Gasteiger partial charge in [0.05, 0.1) is 12.8 Å². The van der Waals surface area contributed by atoms with Gasteiger partial charge >= 0.3 is 0 Å². The fourth-order valence-electron chi connectivity index (χ4n) is 3.43. The monoisotopic (exact) mass is 261 g/mol. The van der Waals surface area contributed by atoms with E-state index in [0.29, 0.717) is 17.8 Å². The molecule has 0 saturated carbocycles. The molecular weight excluding hydrogens is 238 g/mol. The van der Waals surface area contributed by atoms with Crippen molar-refractivity contribution < 1.29 is 4.74 Å². The summed E-state index contributed by atoms with van der Waals surface area (Å²) in [7, 11) is 1.66. The molecule has 4 heteroatoms. The van der Waals surface area contributed by atoms with Gasteiger partial charge in [-0.1, -0.05) is 6.42 Å². The molecule has 19 heavy (non-hydrogen) atoms. The third-order valence-corrected chi connectivity index (χ3v) is 4.44. The lowest BCUT2D eigenvalue weighted by Crippen LogP contribution is -2.41. The Kier molecular flexibility index (Phi) is 3.51. The third kappa shape index (κ3) is 2.50. The highest BCUT2D eigenvalue weighted by Crippen LogP contribution is 2.31. The second-order valence-electron chi connectivity index (χ2n) is 5.60. The number of benzene rings is 1. The minimum absolute atomic E-state index is 0.564. The molecule has 2 aliphatic heterocycles. The molecule has 2 fully saturated rings. The summed E-state index contributed by atoms with van der Waals surface area (Å²) in [5.41, 5.74) is 7.66. The molecule has 1 aromatic rings. The fraction of sp³-hybridized carbons (Fsp3) is 0.600. The van der Waals surface area contributed by atoms with Crippen LogP contribution in [0.1, 0.15) is 25.7 Å². The number of anilines is 2. The van der Waals surface area contributed by atoms with Crippen LogP contribution in [0.25, 0.3) is 0 Å². The third-order valence-electron chi connectivity index (χ3n) is 4.44. The van der Waals surface area contributed by atoms with Gasteiger partial charge in [-0.2, -0.15) is 0 Å². The van der Waals surface area contributed by atoms with Crippen LogP contribution >= 0.6 is 0 Å². The van der Waals surface area contributed by atoms with E-state index >= 15 is 0 Å². The van der Waals surface area contributed by atoms with E-state index in [9.17, 15) is 0 Å². The van der Waals surface area contributed by atoms with Crippen LogP contribution in [0, 0.1) is 0 Å². The summed E-state index contributed by atoms with van der Waals surface area (Å²) in [5, 5.41) is 3.66. The number of nitrogens with zero attached hydrogens (tertiary/aromatic N) is 1. The lowest BCUT2D eigenvalue weighted by atomic mass is 9.99. The minimum atomic E-state index is 0.564. The average Bonchev–Trinajstić information content (AvgIpc) is 2.84. The first-order valence-electron chi connectivity index (χ1n) is 7.22. The number of rotatable bonds is 3. The summed E-state index contributed by atoms with van der Waals surface area (Å²) in [6.07, 6.45) is 5.28. The van der Waals surface area contributed by atoms with Crippen LogP contribution < -0.4 is 15.8 Å². The zero-order valence-electron chi connectivity index (χ0n) is 11.6. The first-order valence-corrected chi connectivity index (χ1v) is 7.22. The van der Waals surface area contributed by atoms with Gasteiger partial charge in [0.15, 0.2) is 0 Å². The summed E-state index contributed by atoms with van der Waals surface area (Å²) >= 11 is 0. The van der Waals surface area contributed by atoms with E-state index < -0.39 is 0 Å². The number of fused-ring (bicyclic) bond motifs is 1. The predicted molar refractivity (Wildman–Crippen MR) is 78.6 cm³/mol. The standard InChI is InChI=1S/C15H23N3O/c1-19-15-10-11(5-6-12(15)16)17-13-7-9-18-8-3-2-4-14(13)18/h5-6,10,13-14,17H,2-4,7-9,16H2,1H3. The molecule has 4 nitrogen and oxygen atoms in total. The topological polar surface area (TPSA) is 50.5 Å². The van der Waals surface area contributed by atoms with Crippen LogP contribution in [0.15, 0.2) is 18.2 Å². The minimum Gasteiger partial charge on any atom is -0.495 e. The van der Waals surface area contributed by atoms with Gasteiger partial charge in [-0.15, -0.1) is 0 Å². The molecule has 3 N–H and O–H groups in total. The van der Waals surface area contributed by atoms with Crippen LogP contribution in [-0.2, 0) is 0 Å². The first-order chi connectivity index (χ1) is 9.28. The Hall–Kier alpha value is -1.42. The van der Waals surface area contributed by atoms with E-state index in [1.165, 1.54) is 38.8 Å². The van der Waals surface area contributed by atoms with Crippen molar-refractivity contribution >= 4 is 11.4 Å². The maximum atomic E-state index is 5.85. The number of nitrogen functional groups attached to an aromatic ring is 1. The summed E-state index contributed by atoms with van der Waals surface area (Å²) in [4.78, 5) is 2.63. The highest BCUT2D eigenvalue weighted by Gasteiger charge is 2.35. The van der Waals surface area contributed by atoms with Crippen molar-refractivity contribution in [2.75, 3.05) is 31.2 Å². The van der Waals surface area contributed by atoms with E-state index in [0.717, 1.165) is 11.4 Å². The molecular formula is C15H23N3O. The molecule has 0 spiro atoms. The summed E-state index contributed by atoms with van der Waals surface area (Å²) < 4.78 is 5.28. The molecule has 2 atom stereocenters. The highest BCUT2D eigenvalue weighted by molar-refractivity contribution is 5.61. The number of piperidine rings is 1. The second kappa shape index (κ2) is 5.29. The molecule has 0 bridgehead atoms. The van der Waals surface area contributed by atoms with Crippen LogP contribution in [0.3, 0.4) is 0 Å². The molecule has 2 saturated heterocycles. The van der Waals surface area contributed by atoms with Gasteiger partial charge in [-0.25, -0.2) is 0 Å². The van der Waals surface area contributed by atoms with Crippen molar-refractivity contribution in [2.45, 2.75) is 37.8 Å². The van der Waals surface area contributed by atoms with E-state index in [-0.39, 0.29) is 0 Å². The molecule has 2 heterocycles. The van der Waals surface area contributed by atoms with Crippen molar-refractivity contribution in [1.29, 1.82) is 0 Å². The molecule has 0 aliphatic carbocycles. The second-order valence-corrected chi connectivity index (χ2v) is 5.60. The number of nitrogens with one attached hydrogen (secondary N) is 1. The molecule has 0 aromatic heterocycles. The van der Waals surface area contributed by atoms with Crippen LogP contribution in [0.5, 0.6) is 5.75 Å². The Balaban J connectivity index is 1.71. The quantitative estimate of drug-likeness (QED) is 0.820. The molecule has 2 unspecified atom stereocenters. The first kappa shape index (κ1) is 12.6. The molecule has 0 radical (unpaired) electrons. The van der Waals surface area contributed by atoms with Crippen molar-refractivity contribution in [2.24, 2.45) is 0 Å². The Morgan fingerprint density at radius 2 is 2.16 bits per heavy atom. The van der Waals surface area contributed by atoms with Crippen LogP contribution in [0.4, 0.5) is 11.4 Å². The Labute approximate surface area is 114 Å². The van der Waals surface area contributed by atoms with E-state index in [1.807, 2.05) is 18.2 Å². The molecule has 104 valence electrons. The van der Waals surface area contributed by atoms with Crippen molar-refractivity contribution in [1.82, 2.24) is 4.90 Å². The van der Waals surface area contributed by atoms with Crippen LogP contribution in [-0.4, -0.2) is 37.2 Å². The lowest BCUT2D eigenvalue weighted by molar-refractivity contribution is 0.193. The van der Waals surface area contributed by atoms with Crippen molar-refractivity contribution in [3.05, 3.63) is 18.2 Å². The van der Waals surface area contributed by atoms with Crippen molar-refractivity contribution in [3.63, 3.8) is 0 Å². The Bertz CT molecular complexity index is 449. The van der Waals surface area contributed by atoms with Gasteiger partial charge in [-0.05, 0) is 37.9 Å². The zero-order valence-corrected chi connectivity index (χ0v) is 11.6.